The number of alkyl halides is 1. The summed E-state index contributed by atoms with van der Waals surface area (Å²) in [5, 5.41) is 0.645. The predicted octanol–water partition coefficient (Wildman–Crippen LogP) is 2.29. The van der Waals surface area contributed by atoms with Crippen LogP contribution in [0.5, 0.6) is 0 Å². The molecule has 0 saturated carbocycles. The van der Waals surface area contributed by atoms with Gasteiger partial charge in [0.25, 0.3) is 0 Å². The molecule has 92 valence electrons. The third-order valence-electron chi connectivity index (χ3n) is 2.79. The van der Waals surface area contributed by atoms with Crippen molar-refractivity contribution in [3.8, 4) is 0 Å². The maximum absolute atomic E-state index is 13.7. The van der Waals surface area contributed by atoms with Gasteiger partial charge in [-0.3, -0.25) is 4.79 Å². The van der Waals surface area contributed by atoms with Gasteiger partial charge in [-0.25, -0.2) is 8.78 Å². The Morgan fingerprint density at radius 3 is 2.76 bits per heavy atom. The fourth-order valence-electron chi connectivity index (χ4n) is 1.93. The van der Waals surface area contributed by atoms with Crippen LogP contribution in [0.1, 0.15) is 6.42 Å². The summed E-state index contributed by atoms with van der Waals surface area (Å²) >= 11 is 3.28. The van der Waals surface area contributed by atoms with Crippen LogP contribution in [0.15, 0.2) is 12.1 Å². The lowest BCUT2D eigenvalue weighted by Crippen LogP contribution is -2.27. The fourth-order valence-corrected chi connectivity index (χ4v) is 2.36. The molecule has 1 aromatic rings. The number of halogens is 3. The molecule has 0 aromatic heterocycles. The van der Waals surface area contributed by atoms with Crippen molar-refractivity contribution in [2.24, 2.45) is 5.92 Å². The second kappa shape index (κ2) is 4.60. The van der Waals surface area contributed by atoms with Gasteiger partial charge in [-0.15, -0.1) is 0 Å². The Labute approximate surface area is 106 Å². The molecule has 0 aliphatic carbocycles. The maximum atomic E-state index is 13.7. The Balaban J connectivity index is 2.41. The average Bonchev–Trinajstić information content (AvgIpc) is 2.66. The number of amides is 1. The molecule has 17 heavy (non-hydrogen) atoms. The number of carbonyl (C=O) groups excluding carboxylic acids is 1. The van der Waals surface area contributed by atoms with Crippen LogP contribution in [0.2, 0.25) is 0 Å². The van der Waals surface area contributed by atoms with E-state index >= 15 is 0 Å². The number of nitrogens with zero attached hydrogens (tertiary/aromatic N) is 1. The van der Waals surface area contributed by atoms with Crippen molar-refractivity contribution in [1.82, 2.24) is 0 Å². The number of hydrogen-bond donors (Lipinski definition) is 1. The standard InChI is InChI=1S/C11H11BrF2N2O/c12-4-6-3-9(17)16(5-6)11-8(15)2-1-7(13)10(11)14/h1-2,6H,3-5,15H2. The van der Waals surface area contributed by atoms with Gasteiger partial charge in [0.1, 0.15) is 5.69 Å². The normalized spacial score (nSPS) is 20.1. The minimum atomic E-state index is -1.06. The third kappa shape index (κ3) is 2.13. The third-order valence-corrected chi connectivity index (χ3v) is 3.71. The molecule has 0 radical (unpaired) electrons. The lowest BCUT2D eigenvalue weighted by Gasteiger charge is -2.19. The minimum Gasteiger partial charge on any atom is -0.397 e. The fraction of sp³-hybridized carbons (Fsp3) is 0.364. The highest BCUT2D eigenvalue weighted by Gasteiger charge is 2.33. The molecule has 1 heterocycles. The van der Waals surface area contributed by atoms with Crippen LogP contribution in [-0.4, -0.2) is 17.8 Å². The smallest absolute Gasteiger partial charge is 0.227 e. The molecule has 1 saturated heterocycles. The number of nitrogens with two attached hydrogens (primary N) is 1. The molecule has 2 rings (SSSR count). The summed E-state index contributed by atoms with van der Waals surface area (Å²) in [6, 6.07) is 2.22. The van der Waals surface area contributed by atoms with E-state index in [1.54, 1.807) is 0 Å². The molecule has 1 unspecified atom stereocenters. The molecule has 0 bridgehead atoms. The topological polar surface area (TPSA) is 46.3 Å². The summed E-state index contributed by atoms with van der Waals surface area (Å²) < 4.78 is 26.8. The largest absolute Gasteiger partial charge is 0.397 e. The highest BCUT2D eigenvalue weighted by molar-refractivity contribution is 9.09. The quantitative estimate of drug-likeness (QED) is 0.673. The molecule has 1 amide bonds. The lowest BCUT2D eigenvalue weighted by atomic mass is 10.2. The maximum Gasteiger partial charge on any atom is 0.227 e. The van der Waals surface area contributed by atoms with Crippen LogP contribution in [0.25, 0.3) is 0 Å². The number of rotatable bonds is 2. The second-order valence-corrected chi connectivity index (χ2v) is 4.68. The summed E-state index contributed by atoms with van der Waals surface area (Å²) in [6.07, 6.45) is 0.320. The zero-order valence-electron chi connectivity index (χ0n) is 8.92. The van der Waals surface area contributed by atoms with E-state index < -0.39 is 11.6 Å². The van der Waals surface area contributed by atoms with Crippen LogP contribution in [0.4, 0.5) is 20.2 Å². The van der Waals surface area contributed by atoms with Gasteiger partial charge in [0, 0.05) is 18.3 Å². The molecule has 2 N–H and O–H groups in total. The highest BCUT2D eigenvalue weighted by Crippen LogP contribution is 2.33. The monoisotopic (exact) mass is 304 g/mol. The Kier molecular flexibility index (Phi) is 3.33. The van der Waals surface area contributed by atoms with Gasteiger partial charge in [0.05, 0.1) is 5.69 Å². The zero-order chi connectivity index (χ0) is 12.6. The van der Waals surface area contributed by atoms with Crippen LogP contribution < -0.4 is 10.6 Å². The Bertz CT molecular complexity index is 467. The van der Waals surface area contributed by atoms with Crippen molar-refractivity contribution in [2.75, 3.05) is 22.5 Å². The van der Waals surface area contributed by atoms with Gasteiger partial charge >= 0.3 is 0 Å². The van der Waals surface area contributed by atoms with Crippen LogP contribution in [0.3, 0.4) is 0 Å². The van der Waals surface area contributed by atoms with Crippen LogP contribution in [-0.2, 0) is 4.79 Å². The van der Waals surface area contributed by atoms with Crippen molar-refractivity contribution in [3.05, 3.63) is 23.8 Å². The molecule has 1 fully saturated rings. The van der Waals surface area contributed by atoms with E-state index in [0.29, 0.717) is 18.3 Å². The summed E-state index contributed by atoms with van der Waals surface area (Å²) in [5.41, 5.74) is 5.54. The van der Waals surface area contributed by atoms with Gasteiger partial charge < -0.3 is 10.6 Å². The predicted molar refractivity (Wildman–Crippen MR) is 65.0 cm³/mol. The van der Waals surface area contributed by atoms with E-state index in [1.807, 2.05) is 0 Å². The number of anilines is 2. The first-order valence-electron chi connectivity index (χ1n) is 5.14. The minimum absolute atomic E-state index is 0.0764. The summed E-state index contributed by atoms with van der Waals surface area (Å²) in [6.45, 7) is 0.356. The number of hydrogen-bond acceptors (Lipinski definition) is 2. The van der Waals surface area contributed by atoms with Gasteiger partial charge in [-0.1, -0.05) is 15.9 Å². The van der Waals surface area contributed by atoms with Gasteiger partial charge in [-0.2, -0.15) is 0 Å². The Morgan fingerprint density at radius 1 is 1.47 bits per heavy atom. The molecule has 1 atom stereocenters. The molecular weight excluding hydrogens is 294 g/mol. The molecule has 3 nitrogen and oxygen atoms in total. The molecule has 1 aromatic carbocycles. The first kappa shape index (κ1) is 12.3. The molecule has 0 spiro atoms. The highest BCUT2D eigenvalue weighted by atomic mass is 79.9. The summed E-state index contributed by atoms with van der Waals surface area (Å²) in [4.78, 5) is 12.9. The van der Waals surface area contributed by atoms with E-state index in [4.69, 9.17) is 5.73 Å². The van der Waals surface area contributed by atoms with E-state index in [1.165, 1.54) is 11.0 Å². The van der Waals surface area contributed by atoms with Crippen LogP contribution >= 0.6 is 15.9 Å². The number of nitrogen functional groups attached to an aromatic ring is 1. The van der Waals surface area contributed by atoms with Crippen molar-refractivity contribution in [3.63, 3.8) is 0 Å². The lowest BCUT2D eigenvalue weighted by molar-refractivity contribution is -0.117. The number of carbonyl (C=O) groups is 1. The summed E-state index contributed by atoms with van der Waals surface area (Å²) in [7, 11) is 0. The van der Waals surface area contributed by atoms with E-state index in [0.717, 1.165) is 6.07 Å². The van der Waals surface area contributed by atoms with Crippen molar-refractivity contribution in [2.45, 2.75) is 6.42 Å². The van der Waals surface area contributed by atoms with E-state index in [2.05, 4.69) is 15.9 Å². The average molecular weight is 305 g/mol. The molecule has 6 heteroatoms. The number of benzene rings is 1. The SMILES string of the molecule is Nc1ccc(F)c(F)c1N1CC(CBr)CC1=O. The van der Waals surface area contributed by atoms with Gasteiger partial charge in [0.15, 0.2) is 11.6 Å². The summed E-state index contributed by atoms with van der Waals surface area (Å²) in [5.74, 6) is -2.19. The first-order chi connectivity index (χ1) is 8.04. The van der Waals surface area contributed by atoms with Gasteiger partial charge in [-0.05, 0) is 18.1 Å². The van der Waals surface area contributed by atoms with Crippen molar-refractivity contribution in [1.29, 1.82) is 0 Å². The second-order valence-electron chi connectivity index (χ2n) is 4.03. The molecule has 1 aliphatic rings. The first-order valence-corrected chi connectivity index (χ1v) is 6.26. The Hall–Kier alpha value is -1.17. The van der Waals surface area contributed by atoms with E-state index in [-0.39, 0.29) is 23.2 Å². The molecule has 1 aliphatic heterocycles. The zero-order valence-corrected chi connectivity index (χ0v) is 10.5. The molecular formula is C11H11BrF2N2O. The van der Waals surface area contributed by atoms with Crippen molar-refractivity contribution >= 4 is 33.2 Å². The van der Waals surface area contributed by atoms with Crippen molar-refractivity contribution < 1.29 is 13.6 Å². The van der Waals surface area contributed by atoms with Gasteiger partial charge in [0.2, 0.25) is 5.91 Å². The Morgan fingerprint density at radius 2 is 2.18 bits per heavy atom. The van der Waals surface area contributed by atoms with Crippen LogP contribution in [0, 0.1) is 17.6 Å². The van der Waals surface area contributed by atoms with E-state index in [9.17, 15) is 13.6 Å².